The Bertz CT molecular complexity index is 306. The first-order valence-electron chi connectivity index (χ1n) is 7.94. The number of likely N-dealkylation sites (tertiary alicyclic amines) is 1. The Kier molecular flexibility index (Phi) is 4.29. The quantitative estimate of drug-likeness (QED) is 0.808. The summed E-state index contributed by atoms with van der Waals surface area (Å²) in [4.78, 5) is 2.34. The molecule has 19 heavy (non-hydrogen) atoms. The first-order valence-corrected chi connectivity index (χ1v) is 7.94. The second-order valence-corrected chi connectivity index (χ2v) is 7.84. The van der Waals surface area contributed by atoms with Gasteiger partial charge in [-0.1, -0.05) is 13.8 Å². The summed E-state index contributed by atoms with van der Waals surface area (Å²) in [5.41, 5.74) is 6.01. The number of nitrogens with zero attached hydrogens (tertiary/aromatic N) is 1. The maximum atomic E-state index is 11.3. The molecule has 1 saturated heterocycles. The molecule has 1 aliphatic heterocycles. The molecular weight excluding hydrogens is 236 g/mol. The predicted molar refractivity (Wildman–Crippen MR) is 80.0 cm³/mol. The second-order valence-electron chi connectivity index (χ2n) is 7.84. The molecule has 1 unspecified atom stereocenters. The summed E-state index contributed by atoms with van der Waals surface area (Å²) in [6.07, 6.45) is 7.49. The molecule has 1 aliphatic carbocycles. The Morgan fingerprint density at radius 3 is 2.21 bits per heavy atom. The summed E-state index contributed by atoms with van der Waals surface area (Å²) in [7, 11) is 2.16. The number of hydrogen-bond acceptors (Lipinski definition) is 3. The maximum absolute atomic E-state index is 11.3. The minimum Gasteiger partial charge on any atom is -0.389 e. The Labute approximate surface area is 118 Å². The first-order chi connectivity index (χ1) is 8.83. The Balaban J connectivity index is 2.16. The zero-order valence-electron chi connectivity index (χ0n) is 13.0. The lowest BCUT2D eigenvalue weighted by atomic mass is 9.56. The molecule has 0 radical (unpaired) electrons. The zero-order chi connectivity index (χ0) is 14.1. The lowest BCUT2D eigenvalue weighted by Crippen LogP contribution is -2.55. The van der Waals surface area contributed by atoms with Crippen molar-refractivity contribution in [3.63, 3.8) is 0 Å². The first kappa shape index (κ1) is 15.3. The molecule has 2 rings (SSSR count). The highest BCUT2D eigenvalue weighted by Gasteiger charge is 2.51. The van der Waals surface area contributed by atoms with E-state index in [1.165, 1.54) is 12.8 Å². The number of aliphatic hydroxyl groups is 1. The van der Waals surface area contributed by atoms with E-state index in [1.807, 2.05) is 0 Å². The van der Waals surface area contributed by atoms with Crippen molar-refractivity contribution in [2.24, 2.45) is 16.6 Å². The van der Waals surface area contributed by atoms with Crippen LogP contribution < -0.4 is 5.73 Å². The predicted octanol–water partition coefficient (Wildman–Crippen LogP) is 2.38. The Morgan fingerprint density at radius 1 is 1.00 bits per heavy atom. The summed E-state index contributed by atoms with van der Waals surface area (Å²) >= 11 is 0. The fraction of sp³-hybridized carbons (Fsp3) is 1.00. The monoisotopic (exact) mass is 268 g/mol. The molecule has 2 aliphatic rings. The van der Waals surface area contributed by atoms with Crippen LogP contribution in [-0.4, -0.2) is 42.3 Å². The lowest BCUT2D eigenvalue weighted by Gasteiger charge is -2.52. The van der Waals surface area contributed by atoms with E-state index >= 15 is 0 Å². The summed E-state index contributed by atoms with van der Waals surface area (Å²) in [6, 6.07) is 0. The molecule has 0 bridgehead atoms. The smallest absolute Gasteiger partial charge is 0.0728 e. The van der Waals surface area contributed by atoms with E-state index < -0.39 is 5.60 Å². The van der Waals surface area contributed by atoms with Gasteiger partial charge in [-0.05, 0) is 64.0 Å². The summed E-state index contributed by atoms with van der Waals surface area (Å²) in [6.45, 7) is 7.44. The largest absolute Gasteiger partial charge is 0.389 e. The highest BCUT2D eigenvalue weighted by atomic mass is 16.3. The van der Waals surface area contributed by atoms with Crippen molar-refractivity contribution >= 4 is 0 Å². The van der Waals surface area contributed by atoms with Crippen molar-refractivity contribution in [2.75, 3.05) is 26.7 Å². The van der Waals surface area contributed by atoms with Gasteiger partial charge in [0, 0.05) is 18.5 Å². The van der Waals surface area contributed by atoms with Crippen molar-refractivity contribution in [2.45, 2.75) is 64.4 Å². The Hall–Kier alpha value is -0.120. The van der Waals surface area contributed by atoms with Crippen LogP contribution >= 0.6 is 0 Å². The van der Waals surface area contributed by atoms with E-state index in [2.05, 4.69) is 25.8 Å². The molecule has 3 heteroatoms. The summed E-state index contributed by atoms with van der Waals surface area (Å²) < 4.78 is 0. The molecular formula is C16H32N2O. The SMILES string of the molecule is CN1CCCC(O)(C2(CN)CCC(C)(C)CC2)CC1. The average molecular weight is 268 g/mol. The fourth-order valence-corrected chi connectivity index (χ4v) is 4.05. The van der Waals surface area contributed by atoms with Gasteiger partial charge in [0.1, 0.15) is 0 Å². The van der Waals surface area contributed by atoms with Crippen molar-refractivity contribution in [1.82, 2.24) is 4.90 Å². The highest BCUT2D eigenvalue weighted by molar-refractivity contribution is 5.04. The van der Waals surface area contributed by atoms with Crippen molar-refractivity contribution < 1.29 is 5.11 Å². The van der Waals surface area contributed by atoms with Crippen molar-refractivity contribution in [3.8, 4) is 0 Å². The van der Waals surface area contributed by atoms with Gasteiger partial charge in [-0.3, -0.25) is 0 Å². The Morgan fingerprint density at radius 2 is 1.63 bits per heavy atom. The minimum atomic E-state index is -0.539. The van der Waals surface area contributed by atoms with Gasteiger partial charge >= 0.3 is 0 Å². The van der Waals surface area contributed by atoms with Crippen molar-refractivity contribution in [1.29, 1.82) is 0 Å². The van der Waals surface area contributed by atoms with Gasteiger partial charge in [0.05, 0.1) is 5.60 Å². The fourth-order valence-electron chi connectivity index (χ4n) is 4.05. The zero-order valence-corrected chi connectivity index (χ0v) is 13.0. The van der Waals surface area contributed by atoms with Crippen LogP contribution in [0.3, 0.4) is 0 Å². The van der Waals surface area contributed by atoms with Crippen molar-refractivity contribution in [3.05, 3.63) is 0 Å². The third-order valence-corrected chi connectivity index (χ3v) is 5.98. The maximum Gasteiger partial charge on any atom is 0.0728 e. The normalized spacial score (nSPS) is 35.8. The van der Waals surface area contributed by atoms with E-state index in [9.17, 15) is 5.11 Å². The minimum absolute atomic E-state index is 0.0340. The highest BCUT2D eigenvalue weighted by Crippen LogP contribution is 2.52. The van der Waals surface area contributed by atoms with Gasteiger partial charge in [-0.15, -0.1) is 0 Å². The van der Waals surface area contributed by atoms with Crippen LogP contribution in [0, 0.1) is 10.8 Å². The third kappa shape index (κ3) is 2.98. The van der Waals surface area contributed by atoms with E-state index in [0.717, 1.165) is 45.2 Å². The van der Waals surface area contributed by atoms with E-state index in [1.54, 1.807) is 0 Å². The molecule has 3 nitrogen and oxygen atoms in total. The van der Waals surface area contributed by atoms with E-state index in [4.69, 9.17) is 5.73 Å². The van der Waals surface area contributed by atoms with Gasteiger partial charge in [0.25, 0.3) is 0 Å². The summed E-state index contributed by atoms with van der Waals surface area (Å²) in [5.74, 6) is 0. The molecule has 1 saturated carbocycles. The van der Waals surface area contributed by atoms with Gasteiger partial charge in [0.2, 0.25) is 0 Å². The molecule has 0 aromatic carbocycles. The van der Waals surface area contributed by atoms with E-state index in [-0.39, 0.29) is 5.41 Å². The van der Waals surface area contributed by atoms with Gasteiger partial charge in [-0.25, -0.2) is 0 Å². The van der Waals surface area contributed by atoms with Crippen LogP contribution in [0.15, 0.2) is 0 Å². The number of nitrogens with two attached hydrogens (primary N) is 1. The molecule has 0 spiro atoms. The molecule has 0 aromatic heterocycles. The third-order valence-electron chi connectivity index (χ3n) is 5.98. The van der Waals surface area contributed by atoms with Gasteiger partial charge in [-0.2, -0.15) is 0 Å². The standard InChI is InChI=1S/C16H32N2O/c1-14(2)6-8-15(13-17,9-7-14)16(19)5-4-11-18(3)12-10-16/h19H,4-13,17H2,1-3H3. The topological polar surface area (TPSA) is 49.5 Å². The molecule has 112 valence electrons. The van der Waals surface area contributed by atoms with Crippen LogP contribution in [-0.2, 0) is 0 Å². The lowest BCUT2D eigenvalue weighted by molar-refractivity contribution is -0.119. The van der Waals surface area contributed by atoms with Crippen LogP contribution in [0.4, 0.5) is 0 Å². The average Bonchev–Trinajstić information content (AvgIpc) is 2.53. The molecule has 1 heterocycles. The van der Waals surface area contributed by atoms with Gasteiger partial charge < -0.3 is 15.7 Å². The molecule has 0 amide bonds. The number of hydrogen-bond donors (Lipinski definition) is 2. The number of rotatable bonds is 2. The summed E-state index contributed by atoms with van der Waals surface area (Å²) in [5, 5.41) is 11.3. The van der Waals surface area contributed by atoms with Crippen LogP contribution in [0.1, 0.15) is 58.8 Å². The van der Waals surface area contributed by atoms with Gasteiger partial charge in [0.15, 0.2) is 0 Å². The van der Waals surface area contributed by atoms with Crippen LogP contribution in [0.25, 0.3) is 0 Å². The molecule has 3 N–H and O–H groups in total. The van der Waals surface area contributed by atoms with Crippen LogP contribution in [0.5, 0.6) is 0 Å². The van der Waals surface area contributed by atoms with E-state index in [0.29, 0.717) is 12.0 Å². The molecule has 1 atom stereocenters. The van der Waals surface area contributed by atoms with Crippen LogP contribution in [0.2, 0.25) is 0 Å². The second kappa shape index (κ2) is 5.34. The molecule has 2 fully saturated rings. The molecule has 0 aromatic rings.